The molecule has 0 unspecified atom stereocenters. The molecule has 0 fully saturated rings. The minimum atomic E-state index is -1.08. The first-order valence-corrected chi connectivity index (χ1v) is 5.68. The fourth-order valence-corrected chi connectivity index (χ4v) is 1.76. The Hall–Kier alpha value is -2.56. The second-order valence-electron chi connectivity index (χ2n) is 4.20. The van der Waals surface area contributed by atoms with Crippen LogP contribution in [-0.2, 0) is 0 Å². The molecule has 1 aromatic heterocycles. The number of aryl methyl sites for hydroxylation is 2. The highest BCUT2D eigenvalue weighted by atomic mass is 16.4. The van der Waals surface area contributed by atoms with Gasteiger partial charge < -0.3 is 14.8 Å². The molecule has 19 heavy (non-hydrogen) atoms. The molecule has 5 nitrogen and oxygen atoms in total. The Balaban J connectivity index is 2.33. The van der Waals surface area contributed by atoms with Crippen LogP contribution in [0.3, 0.4) is 0 Å². The van der Waals surface area contributed by atoms with E-state index in [1.807, 2.05) is 0 Å². The average molecular weight is 259 g/mol. The molecule has 1 aromatic carbocycles. The summed E-state index contributed by atoms with van der Waals surface area (Å²) in [6, 6.07) is 6.42. The zero-order chi connectivity index (χ0) is 14.0. The van der Waals surface area contributed by atoms with Crippen LogP contribution < -0.4 is 5.32 Å². The summed E-state index contributed by atoms with van der Waals surface area (Å²) in [5, 5.41) is 11.7. The number of carboxylic acid groups (broad SMARTS) is 1. The van der Waals surface area contributed by atoms with E-state index in [0.717, 1.165) is 0 Å². The third-order valence-corrected chi connectivity index (χ3v) is 2.73. The summed E-state index contributed by atoms with van der Waals surface area (Å²) in [6.07, 6.45) is 1.34. The summed E-state index contributed by atoms with van der Waals surface area (Å²) >= 11 is 0. The second-order valence-corrected chi connectivity index (χ2v) is 4.20. The zero-order valence-electron chi connectivity index (χ0n) is 10.6. The molecule has 2 rings (SSSR count). The van der Waals surface area contributed by atoms with Crippen molar-refractivity contribution >= 4 is 17.6 Å². The molecule has 0 aliphatic rings. The Kier molecular flexibility index (Phi) is 3.37. The zero-order valence-corrected chi connectivity index (χ0v) is 10.6. The maximum absolute atomic E-state index is 12.0. The Morgan fingerprint density at radius 1 is 1.26 bits per heavy atom. The highest BCUT2D eigenvalue weighted by Gasteiger charge is 2.16. The van der Waals surface area contributed by atoms with Crippen LogP contribution in [-0.4, -0.2) is 17.0 Å². The lowest BCUT2D eigenvalue weighted by Gasteiger charge is -2.10. The lowest BCUT2D eigenvalue weighted by atomic mass is 10.1. The van der Waals surface area contributed by atoms with Crippen molar-refractivity contribution in [2.24, 2.45) is 0 Å². The van der Waals surface area contributed by atoms with Gasteiger partial charge in [0.05, 0.1) is 16.8 Å². The second kappa shape index (κ2) is 4.97. The number of para-hydroxylation sites is 1. The van der Waals surface area contributed by atoms with Crippen molar-refractivity contribution in [1.82, 2.24) is 0 Å². The molecular weight excluding hydrogens is 246 g/mol. The van der Waals surface area contributed by atoms with Gasteiger partial charge >= 0.3 is 5.97 Å². The number of nitrogens with one attached hydrogen (secondary N) is 1. The van der Waals surface area contributed by atoms with E-state index >= 15 is 0 Å². The molecule has 0 radical (unpaired) electrons. The van der Waals surface area contributed by atoms with Gasteiger partial charge in [0.2, 0.25) is 0 Å². The maximum Gasteiger partial charge on any atom is 0.337 e. The molecule has 1 amide bonds. The summed E-state index contributed by atoms with van der Waals surface area (Å²) < 4.78 is 5.05. The van der Waals surface area contributed by atoms with Crippen LogP contribution in [0.25, 0.3) is 0 Å². The van der Waals surface area contributed by atoms with Gasteiger partial charge in [-0.2, -0.15) is 0 Å². The van der Waals surface area contributed by atoms with Gasteiger partial charge in [0.15, 0.2) is 0 Å². The number of carbonyl (C=O) groups is 2. The van der Waals surface area contributed by atoms with E-state index in [0.29, 0.717) is 22.6 Å². The minimum absolute atomic E-state index is 0.0635. The summed E-state index contributed by atoms with van der Waals surface area (Å²) in [7, 11) is 0. The number of anilines is 1. The van der Waals surface area contributed by atoms with Crippen molar-refractivity contribution in [2.45, 2.75) is 13.8 Å². The van der Waals surface area contributed by atoms with Crippen molar-refractivity contribution in [1.29, 1.82) is 0 Å². The number of furan rings is 1. The lowest BCUT2D eigenvalue weighted by molar-refractivity contribution is 0.0698. The third kappa shape index (κ3) is 2.65. The molecule has 2 N–H and O–H groups in total. The van der Waals surface area contributed by atoms with Gasteiger partial charge in [-0.25, -0.2) is 4.79 Å². The first-order chi connectivity index (χ1) is 8.99. The van der Waals surface area contributed by atoms with E-state index in [2.05, 4.69) is 5.32 Å². The van der Waals surface area contributed by atoms with Crippen LogP contribution in [0.1, 0.15) is 32.0 Å². The van der Waals surface area contributed by atoms with Gasteiger partial charge in [-0.3, -0.25) is 4.79 Å². The number of aromatic carboxylic acids is 1. The summed E-state index contributed by atoms with van der Waals surface area (Å²) in [4.78, 5) is 23.1. The van der Waals surface area contributed by atoms with Crippen LogP contribution in [0.2, 0.25) is 0 Å². The van der Waals surface area contributed by atoms with Crippen molar-refractivity contribution in [2.75, 3.05) is 5.32 Å². The van der Waals surface area contributed by atoms with E-state index in [1.54, 1.807) is 32.0 Å². The highest BCUT2D eigenvalue weighted by molar-refractivity contribution is 6.08. The van der Waals surface area contributed by atoms with Crippen LogP contribution in [0.15, 0.2) is 34.9 Å². The summed E-state index contributed by atoms with van der Waals surface area (Å²) in [5.41, 5.74) is 1.41. The van der Waals surface area contributed by atoms with Gasteiger partial charge in [0, 0.05) is 0 Å². The normalized spacial score (nSPS) is 10.2. The Labute approximate surface area is 109 Å². The molecule has 0 atom stereocenters. The lowest BCUT2D eigenvalue weighted by Crippen LogP contribution is -2.15. The number of amides is 1. The third-order valence-electron chi connectivity index (χ3n) is 2.73. The molecule has 0 spiro atoms. The SMILES string of the molecule is Cc1cc(C(=O)Nc2c(C)cccc2C(=O)O)co1. The van der Waals surface area contributed by atoms with Crippen LogP contribution >= 0.6 is 0 Å². The average Bonchev–Trinajstić information content (AvgIpc) is 2.78. The summed E-state index contributed by atoms with van der Waals surface area (Å²) in [6.45, 7) is 3.47. The molecule has 2 aromatic rings. The fourth-order valence-electron chi connectivity index (χ4n) is 1.76. The predicted molar refractivity (Wildman–Crippen MR) is 69.5 cm³/mol. The molecule has 0 bridgehead atoms. The van der Waals surface area contributed by atoms with Gasteiger partial charge in [-0.15, -0.1) is 0 Å². The number of benzene rings is 1. The number of carbonyl (C=O) groups excluding carboxylic acids is 1. The maximum atomic E-state index is 12.0. The van der Waals surface area contributed by atoms with E-state index in [-0.39, 0.29) is 5.56 Å². The molecule has 0 saturated carbocycles. The molecule has 0 saturated heterocycles. The Morgan fingerprint density at radius 3 is 2.58 bits per heavy atom. The number of carboxylic acids is 1. The standard InChI is InChI=1S/C14H13NO4/c1-8-4-3-5-11(14(17)18)12(8)15-13(16)10-6-9(2)19-7-10/h3-7H,1-2H3,(H,15,16)(H,17,18). The Bertz CT molecular complexity index is 643. The van der Waals surface area contributed by atoms with Crippen LogP contribution in [0.4, 0.5) is 5.69 Å². The van der Waals surface area contributed by atoms with Crippen molar-refractivity contribution < 1.29 is 19.1 Å². The number of hydrogen-bond donors (Lipinski definition) is 2. The smallest absolute Gasteiger partial charge is 0.337 e. The summed E-state index contributed by atoms with van der Waals surface area (Å²) in [5.74, 6) is -0.857. The number of rotatable bonds is 3. The van der Waals surface area contributed by atoms with Crippen molar-refractivity contribution in [3.8, 4) is 0 Å². The monoisotopic (exact) mass is 259 g/mol. The quantitative estimate of drug-likeness (QED) is 0.888. The van der Waals surface area contributed by atoms with Gasteiger partial charge in [0.25, 0.3) is 5.91 Å². The van der Waals surface area contributed by atoms with Crippen LogP contribution in [0.5, 0.6) is 0 Å². The highest BCUT2D eigenvalue weighted by Crippen LogP contribution is 2.21. The molecule has 98 valence electrons. The van der Waals surface area contributed by atoms with Gasteiger partial charge in [0.1, 0.15) is 12.0 Å². The van der Waals surface area contributed by atoms with Gasteiger partial charge in [-0.05, 0) is 31.5 Å². The van der Waals surface area contributed by atoms with E-state index in [4.69, 9.17) is 9.52 Å². The number of hydrogen-bond acceptors (Lipinski definition) is 3. The molecule has 1 heterocycles. The fraction of sp³-hybridized carbons (Fsp3) is 0.143. The molecule has 0 aliphatic heterocycles. The first kappa shape index (κ1) is 12.9. The molecule has 5 heteroatoms. The molecular formula is C14H13NO4. The van der Waals surface area contributed by atoms with Crippen molar-refractivity contribution in [3.63, 3.8) is 0 Å². The predicted octanol–water partition coefficient (Wildman–Crippen LogP) is 2.85. The van der Waals surface area contributed by atoms with Gasteiger partial charge in [-0.1, -0.05) is 12.1 Å². The topological polar surface area (TPSA) is 79.5 Å². The van der Waals surface area contributed by atoms with Crippen molar-refractivity contribution in [3.05, 3.63) is 53.0 Å². The van der Waals surface area contributed by atoms with E-state index in [9.17, 15) is 9.59 Å². The van der Waals surface area contributed by atoms with Crippen LogP contribution in [0, 0.1) is 13.8 Å². The largest absolute Gasteiger partial charge is 0.478 e. The van der Waals surface area contributed by atoms with E-state index in [1.165, 1.54) is 12.3 Å². The molecule has 0 aliphatic carbocycles. The first-order valence-electron chi connectivity index (χ1n) is 5.68. The Morgan fingerprint density at radius 2 is 2.00 bits per heavy atom. The van der Waals surface area contributed by atoms with E-state index < -0.39 is 11.9 Å². The minimum Gasteiger partial charge on any atom is -0.478 e.